The second-order valence-corrected chi connectivity index (χ2v) is 6.15. The molecule has 3 nitrogen and oxygen atoms in total. The maximum atomic E-state index is 13.4. The molecule has 0 radical (unpaired) electrons. The Labute approximate surface area is 121 Å². The predicted octanol–water partition coefficient (Wildman–Crippen LogP) is 2.68. The molecular formula is C13H15FN2OS2. The molecule has 1 fully saturated rings. The van der Waals surface area contributed by atoms with E-state index in [1.807, 2.05) is 0 Å². The third-order valence-electron chi connectivity index (χ3n) is 2.97. The Balaban J connectivity index is 2.08. The smallest absolute Gasteiger partial charge is 0.237 e. The number of carbonyl (C=O) groups is 1. The molecule has 1 heterocycles. The normalized spacial score (nSPS) is 18.9. The summed E-state index contributed by atoms with van der Waals surface area (Å²) in [5.74, 6) is 0.502. The van der Waals surface area contributed by atoms with E-state index >= 15 is 0 Å². The van der Waals surface area contributed by atoms with E-state index < -0.39 is 5.82 Å². The van der Waals surface area contributed by atoms with Crippen LogP contribution in [0.3, 0.4) is 0 Å². The van der Waals surface area contributed by atoms with Crippen molar-refractivity contribution in [3.8, 4) is 0 Å². The molecule has 6 heteroatoms. The van der Waals surface area contributed by atoms with E-state index in [1.54, 1.807) is 11.8 Å². The SMILES string of the molecule is NC(=S)c1cc(NC(=O)C2CCCCS2)ccc1F. The zero-order valence-corrected chi connectivity index (χ0v) is 12.0. The van der Waals surface area contributed by atoms with E-state index in [9.17, 15) is 9.18 Å². The van der Waals surface area contributed by atoms with Crippen LogP contribution in [0, 0.1) is 5.82 Å². The molecular weight excluding hydrogens is 283 g/mol. The molecule has 0 bridgehead atoms. The summed E-state index contributed by atoms with van der Waals surface area (Å²) < 4.78 is 13.4. The van der Waals surface area contributed by atoms with Crippen molar-refractivity contribution in [3.63, 3.8) is 0 Å². The molecule has 1 aliphatic heterocycles. The molecule has 1 atom stereocenters. The number of thiocarbonyl (C=S) groups is 1. The minimum absolute atomic E-state index is 0.0133. The van der Waals surface area contributed by atoms with Crippen molar-refractivity contribution in [1.82, 2.24) is 0 Å². The topological polar surface area (TPSA) is 55.1 Å². The Bertz CT molecular complexity index is 501. The van der Waals surface area contributed by atoms with Crippen LogP contribution in [0.15, 0.2) is 18.2 Å². The molecule has 2 rings (SSSR count). The molecule has 0 saturated carbocycles. The van der Waals surface area contributed by atoms with Crippen LogP contribution in [0.2, 0.25) is 0 Å². The second kappa shape index (κ2) is 6.34. The largest absolute Gasteiger partial charge is 0.389 e. The molecule has 3 N–H and O–H groups in total. The number of amides is 1. The second-order valence-electron chi connectivity index (χ2n) is 4.40. The third kappa shape index (κ3) is 3.67. The number of hydrogen-bond donors (Lipinski definition) is 2. The van der Waals surface area contributed by atoms with E-state index in [2.05, 4.69) is 5.32 Å². The summed E-state index contributed by atoms with van der Waals surface area (Å²) in [6, 6.07) is 4.25. The monoisotopic (exact) mass is 298 g/mol. The lowest BCUT2D eigenvalue weighted by Crippen LogP contribution is -2.27. The maximum Gasteiger partial charge on any atom is 0.237 e. The van der Waals surface area contributed by atoms with Crippen molar-refractivity contribution in [2.24, 2.45) is 5.73 Å². The van der Waals surface area contributed by atoms with E-state index in [1.165, 1.54) is 18.2 Å². The molecule has 0 aliphatic carbocycles. The summed E-state index contributed by atoms with van der Waals surface area (Å²) in [5.41, 5.74) is 6.12. The summed E-state index contributed by atoms with van der Waals surface area (Å²) in [6.07, 6.45) is 3.13. The number of nitrogens with two attached hydrogens (primary N) is 1. The van der Waals surface area contributed by atoms with E-state index in [0.717, 1.165) is 25.0 Å². The van der Waals surface area contributed by atoms with E-state index in [0.29, 0.717) is 5.69 Å². The highest BCUT2D eigenvalue weighted by Gasteiger charge is 2.22. The first-order valence-electron chi connectivity index (χ1n) is 6.10. The number of halogens is 1. The molecule has 0 spiro atoms. The van der Waals surface area contributed by atoms with Crippen molar-refractivity contribution in [1.29, 1.82) is 0 Å². The molecule has 19 heavy (non-hydrogen) atoms. The first kappa shape index (κ1) is 14.3. The zero-order chi connectivity index (χ0) is 13.8. The number of nitrogens with one attached hydrogen (secondary N) is 1. The van der Waals surface area contributed by atoms with Gasteiger partial charge in [-0.05, 0) is 36.8 Å². The average molecular weight is 298 g/mol. The number of rotatable bonds is 3. The van der Waals surface area contributed by atoms with Gasteiger partial charge >= 0.3 is 0 Å². The molecule has 1 aromatic rings. The summed E-state index contributed by atoms with van der Waals surface area (Å²) in [7, 11) is 0. The van der Waals surface area contributed by atoms with Crippen molar-refractivity contribution >= 4 is 40.6 Å². The Morgan fingerprint density at radius 3 is 2.89 bits per heavy atom. The first-order chi connectivity index (χ1) is 9.08. The van der Waals surface area contributed by atoms with E-state index in [-0.39, 0.29) is 21.7 Å². The standard InChI is InChI=1S/C13H15FN2OS2/c14-10-5-4-8(7-9(10)12(15)18)16-13(17)11-3-1-2-6-19-11/h4-5,7,11H,1-3,6H2,(H2,15,18)(H,16,17). The summed E-state index contributed by atoms with van der Waals surface area (Å²) in [6.45, 7) is 0. The minimum atomic E-state index is -0.474. The molecule has 0 aromatic heterocycles. The Hall–Kier alpha value is -1.14. The molecule has 1 amide bonds. The highest BCUT2D eigenvalue weighted by molar-refractivity contribution is 8.00. The van der Waals surface area contributed by atoms with Crippen LogP contribution in [0.1, 0.15) is 24.8 Å². The third-order valence-corrected chi connectivity index (χ3v) is 4.57. The van der Waals surface area contributed by atoms with Gasteiger partial charge in [-0.15, -0.1) is 11.8 Å². The number of benzene rings is 1. The highest BCUT2D eigenvalue weighted by atomic mass is 32.2. The van der Waals surface area contributed by atoms with Crippen LogP contribution in [-0.2, 0) is 4.79 Å². The van der Waals surface area contributed by atoms with Gasteiger partial charge in [0.05, 0.1) is 5.25 Å². The highest BCUT2D eigenvalue weighted by Crippen LogP contribution is 2.26. The maximum absolute atomic E-state index is 13.4. The van der Waals surface area contributed by atoms with Crippen LogP contribution in [0.5, 0.6) is 0 Å². The first-order valence-corrected chi connectivity index (χ1v) is 7.55. The van der Waals surface area contributed by atoms with Gasteiger partial charge in [-0.2, -0.15) is 0 Å². The lowest BCUT2D eigenvalue weighted by Gasteiger charge is -2.20. The van der Waals surface area contributed by atoms with Gasteiger partial charge in [0.15, 0.2) is 0 Å². The number of hydrogen-bond acceptors (Lipinski definition) is 3. The predicted molar refractivity (Wildman–Crippen MR) is 81.0 cm³/mol. The van der Waals surface area contributed by atoms with Gasteiger partial charge in [0.2, 0.25) is 5.91 Å². The van der Waals surface area contributed by atoms with Gasteiger partial charge in [0.25, 0.3) is 0 Å². The van der Waals surface area contributed by atoms with Gasteiger partial charge < -0.3 is 11.1 Å². The zero-order valence-electron chi connectivity index (χ0n) is 10.3. The van der Waals surface area contributed by atoms with Crippen molar-refractivity contribution in [2.45, 2.75) is 24.5 Å². The summed E-state index contributed by atoms with van der Waals surface area (Å²) in [5, 5.41) is 2.77. The Morgan fingerprint density at radius 1 is 1.47 bits per heavy atom. The molecule has 1 saturated heterocycles. The summed E-state index contributed by atoms with van der Waals surface area (Å²) in [4.78, 5) is 12.0. The Morgan fingerprint density at radius 2 is 2.26 bits per heavy atom. The van der Waals surface area contributed by atoms with Gasteiger partial charge in [0.1, 0.15) is 10.8 Å². The fraction of sp³-hybridized carbons (Fsp3) is 0.385. The lowest BCUT2D eigenvalue weighted by atomic mass is 10.1. The molecule has 102 valence electrons. The van der Waals surface area contributed by atoms with Crippen LogP contribution >= 0.6 is 24.0 Å². The number of anilines is 1. The van der Waals surface area contributed by atoms with Crippen molar-refractivity contribution in [3.05, 3.63) is 29.6 Å². The van der Waals surface area contributed by atoms with Crippen LogP contribution in [0.4, 0.5) is 10.1 Å². The van der Waals surface area contributed by atoms with Crippen LogP contribution in [0.25, 0.3) is 0 Å². The van der Waals surface area contributed by atoms with Crippen LogP contribution < -0.4 is 11.1 Å². The van der Waals surface area contributed by atoms with Crippen LogP contribution in [-0.4, -0.2) is 21.9 Å². The lowest BCUT2D eigenvalue weighted by molar-refractivity contribution is -0.115. The summed E-state index contributed by atoms with van der Waals surface area (Å²) >= 11 is 6.44. The molecule has 1 aromatic carbocycles. The van der Waals surface area contributed by atoms with Crippen molar-refractivity contribution in [2.75, 3.05) is 11.1 Å². The van der Waals surface area contributed by atoms with E-state index in [4.69, 9.17) is 18.0 Å². The average Bonchev–Trinajstić information content (AvgIpc) is 2.41. The van der Waals surface area contributed by atoms with Gasteiger partial charge in [-0.1, -0.05) is 18.6 Å². The van der Waals surface area contributed by atoms with Gasteiger partial charge in [-0.3, -0.25) is 4.79 Å². The fourth-order valence-electron chi connectivity index (χ4n) is 1.96. The van der Waals surface area contributed by atoms with Crippen molar-refractivity contribution < 1.29 is 9.18 Å². The van der Waals surface area contributed by atoms with Gasteiger partial charge in [-0.25, -0.2) is 4.39 Å². The molecule has 1 aliphatic rings. The minimum Gasteiger partial charge on any atom is -0.389 e. The van der Waals surface area contributed by atoms with Gasteiger partial charge in [0, 0.05) is 11.3 Å². The quantitative estimate of drug-likeness (QED) is 0.843. The fourth-order valence-corrected chi connectivity index (χ4v) is 3.32. The number of thioether (sulfide) groups is 1. The Kier molecular flexibility index (Phi) is 4.76. The number of carbonyl (C=O) groups excluding carboxylic acids is 1. The molecule has 1 unspecified atom stereocenters.